The van der Waals surface area contributed by atoms with Crippen molar-refractivity contribution >= 4 is 19.7 Å². The smallest absolute Gasteiger partial charge is 0.416 e. The minimum absolute atomic E-state index is 0.00199. The number of hydrogen-bond acceptors (Lipinski definition) is 7. The number of imide groups is 1. The number of urea groups is 1. The van der Waals surface area contributed by atoms with Crippen LogP contribution in [-0.2, 0) is 32.0 Å². The Labute approximate surface area is 223 Å². The number of nitrogens with zero attached hydrogens (tertiary/aromatic N) is 1. The third kappa shape index (κ3) is 5.75. The quantitative estimate of drug-likeness (QED) is 0.299. The van der Waals surface area contributed by atoms with Crippen LogP contribution in [0.5, 0.6) is 0 Å². The summed E-state index contributed by atoms with van der Waals surface area (Å²) >= 11 is 0. The highest BCUT2D eigenvalue weighted by Gasteiger charge is 2.56. The van der Waals surface area contributed by atoms with Crippen molar-refractivity contribution in [3.05, 3.63) is 70.8 Å². The average molecular weight is 593 g/mol. The lowest BCUT2D eigenvalue weighted by Crippen LogP contribution is -2.64. The number of hydrogen-bond donors (Lipinski definition) is 2. The van der Waals surface area contributed by atoms with Crippen LogP contribution in [-0.4, -0.2) is 35.3 Å². The van der Waals surface area contributed by atoms with Gasteiger partial charge in [-0.1, -0.05) is 30.3 Å². The molecule has 2 aromatic carbocycles. The number of carbonyl (C=O) groups excluding carboxylic acids is 2. The second-order valence-corrected chi connectivity index (χ2v) is 11.0. The lowest BCUT2D eigenvalue weighted by Gasteiger charge is -2.45. The van der Waals surface area contributed by atoms with Crippen molar-refractivity contribution in [2.75, 3.05) is 13.2 Å². The summed E-state index contributed by atoms with van der Waals surface area (Å²) in [6.45, 7) is 0.652. The molecule has 4 rings (SSSR count). The minimum atomic E-state index is -5.74. The SMILES string of the molecule is C[C@@H](OC[C@@]1(c2ccccc2)CC[C@]2(CN1)NC(=O)N(P(=O)([O-])[O-])C2=O)c1cc(C(F)(F)F)cc(C(F)(F)F)c1. The van der Waals surface area contributed by atoms with Gasteiger partial charge in [-0.3, -0.25) is 4.79 Å². The Bertz CT molecular complexity index is 1310. The van der Waals surface area contributed by atoms with Gasteiger partial charge in [0.1, 0.15) is 5.54 Å². The van der Waals surface area contributed by atoms with E-state index in [0.717, 1.165) is 0 Å². The molecule has 0 saturated carbocycles. The van der Waals surface area contributed by atoms with E-state index in [4.69, 9.17) is 4.74 Å². The van der Waals surface area contributed by atoms with Crippen molar-refractivity contribution in [3.8, 4) is 0 Å². The molecule has 2 N–H and O–H groups in total. The molecule has 218 valence electrons. The molecule has 16 heteroatoms. The summed E-state index contributed by atoms with van der Waals surface area (Å²) < 4.78 is 96.9. The second-order valence-electron chi connectivity index (χ2n) is 9.69. The summed E-state index contributed by atoms with van der Waals surface area (Å²) in [4.78, 5) is 47.8. The van der Waals surface area contributed by atoms with E-state index in [1.807, 2.05) is 0 Å². The zero-order valence-corrected chi connectivity index (χ0v) is 21.5. The van der Waals surface area contributed by atoms with Crippen LogP contribution in [0.1, 0.15) is 48.1 Å². The number of benzene rings is 2. The normalized spacial score (nSPS) is 24.9. The summed E-state index contributed by atoms with van der Waals surface area (Å²) in [6, 6.07) is 8.17. The maximum atomic E-state index is 13.3. The summed E-state index contributed by atoms with van der Waals surface area (Å²) in [6.07, 6.45) is -11.5. The van der Waals surface area contributed by atoms with Gasteiger partial charge in [0, 0.05) is 14.3 Å². The molecule has 2 heterocycles. The Morgan fingerprint density at radius 1 is 1.00 bits per heavy atom. The molecule has 2 aliphatic rings. The van der Waals surface area contributed by atoms with E-state index in [1.165, 1.54) is 6.92 Å². The number of piperidine rings is 1. The maximum Gasteiger partial charge on any atom is 0.416 e. The Kier molecular flexibility index (Phi) is 7.61. The van der Waals surface area contributed by atoms with Gasteiger partial charge in [0.2, 0.25) is 0 Å². The molecule has 9 nitrogen and oxygen atoms in total. The summed E-state index contributed by atoms with van der Waals surface area (Å²) in [5.74, 6) is -1.25. The topological polar surface area (TPSA) is 134 Å². The van der Waals surface area contributed by atoms with Crippen LogP contribution in [0.15, 0.2) is 48.5 Å². The summed E-state index contributed by atoms with van der Waals surface area (Å²) in [5, 5.41) is 5.29. The van der Waals surface area contributed by atoms with E-state index in [-0.39, 0.29) is 42.3 Å². The fourth-order valence-electron chi connectivity index (χ4n) is 4.83. The third-order valence-corrected chi connectivity index (χ3v) is 7.93. The van der Waals surface area contributed by atoms with E-state index >= 15 is 0 Å². The lowest BCUT2D eigenvalue weighted by atomic mass is 9.76. The van der Waals surface area contributed by atoms with Gasteiger partial charge >= 0.3 is 18.4 Å². The van der Waals surface area contributed by atoms with Crippen LogP contribution in [0.4, 0.5) is 31.1 Å². The van der Waals surface area contributed by atoms with Gasteiger partial charge in [0.15, 0.2) is 0 Å². The number of alkyl halides is 6. The number of nitrogens with one attached hydrogen (secondary N) is 2. The molecule has 2 saturated heterocycles. The molecule has 40 heavy (non-hydrogen) atoms. The van der Waals surface area contributed by atoms with Crippen LogP contribution in [0.25, 0.3) is 0 Å². The van der Waals surface area contributed by atoms with E-state index in [0.29, 0.717) is 17.7 Å². The van der Waals surface area contributed by atoms with Crippen molar-refractivity contribution in [1.82, 2.24) is 15.3 Å². The Morgan fingerprint density at radius 3 is 2.02 bits per heavy atom. The molecular weight excluding hydrogens is 571 g/mol. The molecule has 3 amide bonds. The number of halogens is 6. The number of amides is 3. The highest BCUT2D eigenvalue weighted by molar-refractivity contribution is 7.48. The summed E-state index contributed by atoms with van der Waals surface area (Å²) in [7, 11) is -5.74. The maximum absolute atomic E-state index is 13.3. The molecule has 3 atom stereocenters. The first kappa shape index (κ1) is 30.0. The van der Waals surface area contributed by atoms with Gasteiger partial charge < -0.3 is 29.7 Å². The van der Waals surface area contributed by atoms with Gasteiger partial charge in [-0.05, 0) is 49.1 Å². The van der Waals surface area contributed by atoms with Crippen LogP contribution in [0.3, 0.4) is 0 Å². The first-order chi connectivity index (χ1) is 18.4. The van der Waals surface area contributed by atoms with Crippen molar-refractivity contribution in [2.24, 2.45) is 0 Å². The molecule has 0 radical (unpaired) electrons. The Hall–Kier alpha value is -2.97. The van der Waals surface area contributed by atoms with Crippen LogP contribution in [0, 0.1) is 0 Å². The van der Waals surface area contributed by atoms with E-state index in [2.05, 4.69) is 10.6 Å². The standard InChI is InChI=1S/C24H24F6N3O6P/c1-14(15-9-17(23(25,26)27)11-18(10-15)24(28,29)30)39-13-22(16-5-3-2-4-6-16)8-7-21(12-31-22)19(34)33(20(35)32-21)40(36,37)38/h2-6,9-11,14,31H,7-8,12-13H2,1H3,(H,32,35)(H2,36,37,38)/p-2/t14-,21-,22-/m1/s1. The highest BCUT2D eigenvalue weighted by Crippen LogP contribution is 2.43. The molecular formula is C24H22F6N3O6P-2. The fraction of sp³-hybridized carbons (Fsp3) is 0.417. The highest BCUT2D eigenvalue weighted by atomic mass is 31.2. The second kappa shape index (κ2) is 10.1. The van der Waals surface area contributed by atoms with Gasteiger partial charge in [-0.2, -0.15) is 26.3 Å². The molecule has 2 fully saturated rings. The van der Waals surface area contributed by atoms with E-state index in [1.54, 1.807) is 30.3 Å². The minimum Gasteiger partial charge on any atom is -0.794 e. The molecule has 1 spiro atoms. The summed E-state index contributed by atoms with van der Waals surface area (Å²) in [5.41, 5.74) is -5.66. The predicted molar refractivity (Wildman–Crippen MR) is 122 cm³/mol. The van der Waals surface area contributed by atoms with Crippen molar-refractivity contribution in [1.29, 1.82) is 0 Å². The zero-order valence-electron chi connectivity index (χ0n) is 20.6. The Balaban J connectivity index is 1.60. The number of ether oxygens (including phenoxy) is 1. The van der Waals surface area contributed by atoms with Gasteiger partial charge in [-0.15, -0.1) is 0 Å². The largest absolute Gasteiger partial charge is 0.794 e. The van der Waals surface area contributed by atoms with Crippen LogP contribution >= 0.6 is 7.75 Å². The van der Waals surface area contributed by atoms with Crippen LogP contribution < -0.4 is 20.4 Å². The fourth-order valence-corrected chi connectivity index (χ4v) is 5.52. The zero-order chi connectivity index (χ0) is 29.7. The van der Waals surface area contributed by atoms with Crippen molar-refractivity contribution in [3.63, 3.8) is 0 Å². The van der Waals surface area contributed by atoms with Crippen molar-refractivity contribution in [2.45, 2.75) is 49.3 Å². The molecule has 2 aromatic rings. The monoisotopic (exact) mass is 593 g/mol. The van der Waals surface area contributed by atoms with E-state index < -0.39 is 60.3 Å². The molecule has 0 bridgehead atoms. The van der Waals surface area contributed by atoms with Crippen molar-refractivity contribution < 1.29 is 55.0 Å². The van der Waals surface area contributed by atoms with E-state index in [9.17, 15) is 50.3 Å². The van der Waals surface area contributed by atoms with Gasteiger partial charge in [-0.25, -0.2) is 9.46 Å². The average Bonchev–Trinajstić information content (AvgIpc) is 3.12. The third-order valence-electron chi connectivity index (χ3n) is 7.08. The number of carbonyl (C=O) groups is 2. The molecule has 0 unspecified atom stereocenters. The molecule has 0 aliphatic carbocycles. The number of rotatable bonds is 6. The molecule has 2 aliphatic heterocycles. The first-order valence-electron chi connectivity index (χ1n) is 11.8. The first-order valence-corrected chi connectivity index (χ1v) is 13.3. The lowest BCUT2D eigenvalue weighted by molar-refractivity contribution is -0.324. The van der Waals surface area contributed by atoms with Crippen LogP contribution in [0.2, 0.25) is 0 Å². The Morgan fingerprint density at radius 2 is 1.57 bits per heavy atom. The molecule has 0 aromatic heterocycles. The predicted octanol–water partition coefficient (Wildman–Crippen LogP) is 3.20. The van der Waals surface area contributed by atoms with Gasteiger partial charge in [0.05, 0.1) is 29.4 Å². The van der Waals surface area contributed by atoms with Gasteiger partial charge in [0.25, 0.3) is 5.91 Å².